The maximum atomic E-state index is 13.0. The minimum atomic E-state index is -0.0219. The van der Waals surface area contributed by atoms with Gasteiger partial charge in [0, 0.05) is 37.0 Å². The molecule has 0 aliphatic rings. The molecule has 0 aliphatic heterocycles. The zero-order valence-corrected chi connectivity index (χ0v) is 19.8. The quantitative estimate of drug-likeness (QED) is 0.486. The molecular weight excluding hydrogens is 410 g/mol. The van der Waals surface area contributed by atoms with Crippen LogP contribution in [-0.4, -0.2) is 23.3 Å². The number of hydrogen-bond donors (Lipinski definition) is 1. The molecule has 2 aromatic carbocycles. The van der Waals surface area contributed by atoms with Crippen LogP contribution < -0.4 is 10.2 Å². The Balaban J connectivity index is 1.63. The van der Waals surface area contributed by atoms with Crippen molar-refractivity contribution in [2.24, 2.45) is 5.92 Å². The van der Waals surface area contributed by atoms with E-state index in [1.807, 2.05) is 59.5 Å². The molecule has 0 radical (unpaired) electrons. The highest BCUT2D eigenvalue weighted by atomic mass is 16.2. The van der Waals surface area contributed by atoms with Gasteiger partial charge in [-0.1, -0.05) is 56.3 Å². The van der Waals surface area contributed by atoms with E-state index in [1.54, 1.807) is 6.20 Å². The van der Waals surface area contributed by atoms with Crippen LogP contribution in [0.5, 0.6) is 0 Å². The van der Waals surface area contributed by atoms with Crippen molar-refractivity contribution >= 4 is 17.5 Å². The van der Waals surface area contributed by atoms with Crippen molar-refractivity contribution in [3.8, 4) is 0 Å². The van der Waals surface area contributed by atoms with Gasteiger partial charge in [0.25, 0.3) is 0 Å². The Labute approximate surface area is 196 Å². The molecule has 2 amide bonds. The van der Waals surface area contributed by atoms with E-state index in [0.29, 0.717) is 32.4 Å². The summed E-state index contributed by atoms with van der Waals surface area (Å²) in [6, 6.07) is 21.7. The summed E-state index contributed by atoms with van der Waals surface area (Å²) < 4.78 is 0. The molecule has 172 valence electrons. The molecule has 5 nitrogen and oxygen atoms in total. The van der Waals surface area contributed by atoms with Gasteiger partial charge in [0.15, 0.2) is 0 Å². The molecule has 3 aromatic rings. The van der Waals surface area contributed by atoms with Gasteiger partial charge in [0.05, 0.1) is 13.0 Å². The van der Waals surface area contributed by atoms with Crippen LogP contribution in [0.1, 0.15) is 42.7 Å². The summed E-state index contributed by atoms with van der Waals surface area (Å²) >= 11 is 0. The fourth-order valence-corrected chi connectivity index (χ4v) is 3.66. The Hall–Kier alpha value is -3.47. The lowest BCUT2D eigenvalue weighted by molar-refractivity contribution is -0.120. The number of benzene rings is 2. The van der Waals surface area contributed by atoms with E-state index in [-0.39, 0.29) is 17.7 Å². The number of anilines is 1. The first-order valence-electron chi connectivity index (χ1n) is 11.5. The van der Waals surface area contributed by atoms with Crippen molar-refractivity contribution in [3.63, 3.8) is 0 Å². The number of carbonyl (C=O) groups excluding carboxylic acids is 2. The Bertz CT molecular complexity index is 1050. The predicted octanol–water partition coefficient (Wildman–Crippen LogP) is 4.87. The first kappa shape index (κ1) is 24.2. The largest absolute Gasteiger partial charge is 0.355 e. The molecule has 0 fully saturated rings. The third-order valence-corrected chi connectivity index (χ3v) is 5.52. The van der Waals surface area contributed by atoms with Crippen LogP contribution >= 0.6 is 0 Å². The van der Waals surface area contributed by atoms with Crippen LogP contribution in [0.4, 0.5) is 5.69 Å². The fourth-order valence-electron chi connectivity index (χ4n) is 3.66. The second-order valence-corrected chi connectivity index (χ2v) is 8.77. The van der Waals surface area contributed by atoms with E-state index >= 15 is 0 Å². The molecular formula is C28H33N3O2. The zero-order chi connectivity index (χ0) is 23.6. The van der Waals surface area contributed by atoms with Gasteiger partial charge < -0.3 is 10.2 Å². The van der Waals surface area contributed by atoms with Gasteiger partial charge >= 0.3 is 0 Å². The normalized spacial score (nSPS) is 10.8. The Morgan fingerprint density at radius 2 is 1.70 bits per heavy atom. The number of pyridine rings is 1. The molecule has 0 unspecified atom stereocenters. The Kier molecular flexibility index (Phi) is 8.76. The van der Waals surface area contributed by atoms with Gasteiger partial charge in [-0.3, -0.25) is 14.6 Å². The number of nitrogens with one attached hydrogen (secondary N) is 1. The highest BCUT2D eigenvalue weighted by molar-refractivity contribution is 5.93. The summed E-state index contributed by atoms with van der Waals surface area (Å²) in [5.74, 6) is 0.366. The fraction of sp³-hybridized carbons (Fsp3) is 0.321. The van der Waals surface area contributed by atoms with Crippen molar-refractivity contribution in [1.82, 2.24) is 10.3 Å². The zero-order valence-electron chi connectivity index (χ0n) is 19.8. The minimum absolute atomic E-state index is 0.0219. The van der Waals surface area contributed by atoms with Crippen LogP contribution in [0, 0.1) is 12.8 Å². The number of aryl methyl sites for hydroxylation is 1. The lowest BCUT2D eigenvalue weighted by Gasteiger charge is -2.25. The van der Waals surface area contributed by atoms with Crippen LogP contribution in [0.2, 0.25) is 0 Å². The van der Waals surface area contributed by atoms with E-state index in [9.17, 15) is 9.59 Å². The molecule has 1 N–H and O–H groups in total. The number of rotatable bonds is 10. The maximum Gasteiger partial charge on any atom is 0.227 e. The standard InChI is InChI=1S/C28H33N3O2/c1-21(2)18-28(33)31(20-24-9-5-4-8-22(24)3)26-13-11-23(12-14-26)19-27(32)30-17-15-25-10-6-7-16-29-25/h4-14,16,21H,15,17-20H2,1-3H3,(H,30,32). The van der Waals surface area contributed by atoms with Crippen molar-refractivity contribution in [1.29, 1.82) is 0 Å². The summed E-state index contributed by atoms with van der Waals surface area (Å²) in [6.45, 7) is 7.27. The van der Waals surface area contributed by atoms with Gasteiger partial charge in [0.1, 0.15) is 0 Å². The van der Waals surface area contributed by atoms with Gasteiger partial charge in [-0.15, -0.1) is 0 Å². The molecule has 0 atom stereocenters. The summed E-state index contributed by atoms with van der Waals surface area (Å²) in [4.78, 5) is 31.5. The summed E-state index contributed by atoms with van der Waals surface area (Å²) in [7, 11) is 0. The molecule has 0 saturated carbocycles. The van der Waals surface area contributed by atoms with E-state index in [1.165, 1.54) is 5.56 Å². The van der Waals surface area contributed by atoms with Crippen molar-refractivity contribution in [3.05, 3.63) is 95.3 Å². The second-order valence-electron chi connectivity index (χ2n) is 8.77. The molecule has 1 heterocycles. The van der Waals surface area contributed by atoms with Crippen LogP contribution in [0.25, 0.3) is 0 Å². The third-order valence-electron chi connectivity index (χ3n) is 5.52. The highest BCUT2D eigenvalue weighted by Gasteiger charge is 2.18. The lowest BCUT2D eigenvalue weighted by atomic mass is 10.1. The van der Waals surface area contributed by atoms with Crippen LogP contribution in [0.15, 0.2) is 72.9 Å². The molecule has 0 spiro atoms. The molecule has 0 saturated heterocycles. The molecule has 0 bridgehead atoms. The van der Waals surface area contributed by atoms with Crippen LogP contribution in [0.3, 0.4) is 0 Å². The predicted molar refractivity (Wildman–Crippen MR) is 133 cm³/mol. The van der Waals surface area contributed by atoms with Gasteiger partial charge in [0.2, 0.25) is 11.8 Å². The first-order chi connectivity index (χ1) is 15.9. The number of carbonyl (C=O) groups is 2. The first-order valence-corrected chi connectivity index (χ1v) is 11.5. The van der Waals surface area contributed by atoms with Crippen molar-refractivity contribution in [2.45, 2.75) is 46.6 Å². The lowest BCUT2D eigenvalue weighted by Crippen LogP contribution is -2.31. The highest BCUT2D eigenvalue weighted by Crippen LogP contribution is 2.22. The van der Waals surface area contributed by atoms with E-state index in [2.05, 4.69) is 43.2 Å². The number of amides is 2. The van der Waals surface area contributed by atoms with E-state index in [0.717, 1.165) is 22.5 Å². The van der Waals surface area contributed by atoms with Gasteiger partial charge in [-0.05, 0) is 53.8 Å². The maximum absolute atomic E-state index is 13.0. The van der Waals surface area contributed by atoms with E-state index < -0.39 is 0 Å². The topological polar surface area (TPSA) is 62.3 Å². The van der Waals surface area contributed by atoms with Gasteiger partial charge in [-0.25, -0.2) is 0 Å². The number of hydrogen-bond acceptors (Lipinski definition) is 3. The van der Waals surface area contributed by atoms with Crippen molar-refractivity contribution < 1.29 is 9.59 Å². The number of aromatic nitrogens is 1. The number of nitrogens with zero attached hydrogens (tertiary/aromatic N) is 2. The molecule has 1 aromatic heterocycles. The molecule has 5 heteroatoms. The monoisotopic (exact) mass is 443 g/mol. The molecule has 33 heavy (non-hydrogen) atoms. The smallest absolute Gasteiger partial charge is 0.227 e. The average molecular weight is 444 g/mol. The third kappa shape index (κ3) is 7.56. The summed E-state index contributed by atoms with van der Waals surface area (Å²) in [5, 5.41) is 2.95. The van der Waals surface area contributed by atoms with E-state index in [4.69, 9.17) is 0 Å². The molecule has 3 rings (SSSR count). The van der Waals surface area contributed by atoms with Crippen LogP contribution in [-0.2, 0) is 29.0 Å². The summed E-state index contributed by atoms with van der Waals surface area (Å²) in [5.41, 5.74) is 5.02. The Morgan fingerprint density at radius 1 is 0.970 bits per heavy atom. The van der Waals surface area contributed by atoms with Crippen molar-refractivity contribution in [2.75, 3.05) is 11.4 Å². The second kappa shape index (κ2) is 12.0. The molecule has 0 aliphatic carbocycles. The Morgan fingerprint density at radius 3 is 2.36 bits per heavy atom. The summed E-state index contributed by atoms with van der Waals surface area (Å²) in [6.07, 6.45) is 3.26. The van der Waals surface area contributed by atoms with Gasteiger partial charge in [-0.2, -0.15) is 0 Å². The minimum Gasteiger partial charge on any atom is -0.355 e. The average Bonchev–Trinajstić information content (AvgIpc) is 2.79. The SMILES string of the molecule is Cc1ccccc1CN(C(=O)CC(C)C)c1ccc(CC(=O)NCCc2ccccn2)cc1.